The van der Waals surface area contributed by atoms with Gasteiger partial charge in [-0.1, -0.05) is 48.5 Å². The van der Waals surface area contributed by atoms with Crippen LogP contribution in [0, 0.1) is 0 Å². The maximum atomic E-state index is 12.8. The van der Waals surface area contributed by atoms with Gasteiger partial charge >= 0.3 is 0 Å². The van der Waals surface area contributed by atoms with Gasteiger partial charge in [-0.15, -0.1) is 0 Å². The third kappa shape index (κ3) is 6.39. The van der Waals surface area contributed by atoms with E-state index in [0.717, 1.165) is 11.1 Å². The Hall–Kier alpha value is -4.30. The second-order valence-electron chi connectivity index (χ2n) is 7.59. The zero-order valence-corrected chi connectivity index (χ0v) is 19.8. The van der Waals surface area contributed by atoms with Gasteiger partial charge in [0.15, 0.2) is 6.61 Å². The fraction of sp³-hybridized carbons (Fsp3) is 0.0741. The van der Waals surface area contributed by atoms with Crippen LogP contribution >= 0.6 is 0 Å². The second-order valence-corrected chi connectivity index (χ2v) is 9.27. The number of sulfonamides is 1. The lowest BCUT2D eigenvalue weighted by atomic mass is 10.1. The van der Waals surface area contributed by atoms with Crippen LogP contribution in [-0.2, 0) is 14.8 Å². The number of benzene rings is 4. The molecule has 7 nitrogen and oxygen atoms in total. The summed E-state index contributed by atoms with van der Waals surface area (Å²) in [7, 11) is -2.31. The van der Waals surface area contributed by atoms with Crippen molar-refractivity contribution in [2.45, 2.75) is 4.90 Å². The van der Waals surface area contributed by atoms with Gasteiger partial charge in [-0.2, -0.15) is 0 Å². The van der Waals surface area contributed by atoms with Crippen LogP contribution in [0.25, 0.3) is 11.1 Å². The Labute approximate surface area is 204 Å². The molecule has 0 unspecified atom stereocenters. The molecular weight excluding hydrogens is 464 g/mol. The highest BCUT2D eigenvalue weighted by atomic mass is 32.2. The van der Waals surface area contributed by atoms with Crippen molar-refractivity contribution in [2.75, 3.05) is 23.8 Å². The van der Waals surface area contributed by atoms with Gasteiger partial charge in [-0.3, -0.25) is 9.52 Å². The summed E-state index contributed by atoms with van der Waals surface area (Å²) in [5.41, 5.74) is 2.87. The number of nitrogens with one attached hydrogen (secondary N) is 2. The zero-order valence-electron chi connectivity index (χ0n) is 19.0. The fourth-order valence-electron chi connectivity index (χ4n) is 3.33. The normalized spacial score (nSPS) is 10.9. The molecule has 0 bridgehead atoms. The van der Waals surface area contributed by atoms with Crippen molar-refractivity contribution in [3.8, 4) is 22.6 Å². The quantitative estimate of drug-likeness (QED) is 0.339. The molecule has 4 rings (SSSR count). The van der Waals surface area contributed by atoms with E-state index in [2.05, 4.69) is 10.0 Å². The van der Waals surface area contributed by atoms with E-state index in [1.165, 1.54) is 19.2 Å². The van der Waals surface area contributed by atoms with Gasteiger partial charge in [-0.25, -0.2) is 8.42 Å². The smallest absolute Gasteiger partial charge is 0.262 e. The summed E-state index contributed by atoms with van der Waals surface area (Å²) in [5, 5.41) is 2.67. The SMILES string of the molecule is COc1ccc(NS(=O)(=O)c2cccc(NC(=O)COc3ccc(-c4ccccc4)cc3)c2)cc1. The molecule has 0 atom stereocenters. The predicted octanol–water partition coefficient (Wildman–Crippen LogP) is 5.18. The number of ether oxygens (including phenoxy) is 2. The van der Waals surface area contributed by atoms with Crippen LogP contribution in [0.2, 0.25) is 0 Å². The molecule has 0 aromatic heterocycles. The van der Waals surface area contributed by atoms with E-state index in [1.807, 2.05) is 42.5 Å². The van der Waals surface area contributed by atoms with Crippen molar-refractivity contribution in [3.63, 3.8) is 0 Å². The number of amides is 1. The number of carbonyl (C=O) groups excluding carboxylic acids is 1. The first-order chi connectivity index (χ1) is 16.9. The summed E-state index contributed by atoms with van der Waals surface area (Å²) in [6.07, 6.45) is 0. The van der Waals surface area contributed by atoms with Crippen LogP contribution in [0.15, 0.2) is 108 Å². The van der Waals surface area contributed by atoms with E-state index in [1.54, 1.807) is 48.5 Å². The third-order valence-electron chi connectivity index (χ3n) is 5.10. The lowest BCUT2D eigenvalue weighted by molar-refractivity contribution is -0.118. The minimum Gasteiger partial charge on any atom is -0.497 e. The predicted molar refractivity (Wildman–Crippen MR) is 136 cm³/mol. The highest BCUT2D eigenvalue weighted by molar-refractivity contribution is 7.92. The molecule has 4 aromatic carbocycles. The highest BCUT2D eigenvalue weighted by Crippen LogP contribution is 2.23. The highest BCUT2D eigenvalue weighted by Gasteiger charge is 2.15. The molecule has 0 aliphatic rings. The van der Waals surface area contributed by atoms with Crippen molar-refractivity contribution in [1.82, 2.24) is 0 Å². The van der Waals surface area contributed by atoms with E-state index in [4.69, 9.17) is 9.47 Å². The van der Waals surface area contributed by atoms with Crippen LogP contribution < -0.4 is 19.5 Å². The van der Waals surface area contributed by atoms with Gasteiger partial charge < -0.3 is 14.8 Å². The van der Waals surface area contributed by atoms with Crippen LogP contribution in [0.3, 0.4) is 0 Å². The Morgan fingerprint density at radius 3 is 2.09 bits per heavy atom. The lowest BCUT2D eigenvalue weighted by Gasteiger charge is -2.11. The first-order valence-electron chi connectivity index (χ1n) is 10.8. The molecule has 4 aromatic rings. The monoisotopic (exact) mass is 488 g/mol. The first kappa shape index (κ1) is 23.8. The molecule has 2 N–H and O–H groups in total. The minimum atomic E-state index is -3.85. The standard InChI is InChI=1S/C27H24N2O5S/c1-33-24-16-12-22(13-17-24)29-35(31,32)26-9-5-8-23(18-26)28-27(30)19-34-25-14-10-21(11-15-25)20-6-3-2-4-7-20/h2-18,29H,19H2,1H3,(H,28,30). The Bertz CT molecular complexity index is 1390. The molecule has 0 saturated heterocycles. The fourth-order valence-corrected chi connectivity index (χ4v) is 4.44. The summed E-state index contributed by atoms with van der Waals surface area (Å²) in [5.74, 6) is 0.765. The molecular formula is C27H24N2O5S. The van der Waals surface area contributed by atoms with Gasteiger partial charge in [0, 0.05) is 11.4 Å². The molecule has 0 saturated carbocycles. The Morgan fingerprint density at radius 1 is 0.743 bits per heavy atom. The number of hydrogen-bond acceptors (Lipinski definition) is 5. The molecule has 0 radical (unpaired) electrons. The molecule has 178 valence electrons. The Morgan fingerprint density at radius 2 is 1.40 bits per heavy atom. The summed E-state index contributed by atoms with van der Waals surface area (Å²) in [6, 6.07) is 29.9. The Balaban J connectivity index is 1.35. The van der Waals surface area contributed by atoms with E-state index in [9.17, 15) is 13.2 Å². The van der Waals surface area contributed by atoms with Crippen LogP contribution in [-0.4, -0.2) is 28.0 Å². The van der Waals surface area contributed by atoms with Crippen LogP contribution in [0.1, 0.15) is 0 Å². The van der Waals surface area contributed by atoms with E-state index >= 15 is 0 Å². The molecule has 35 heavy (non-hydrogen) atoms. The second kappa shape index (κ2) is 10.8. The maximum absolute atomic E-state index is 12.8. The average Bonchev–Trinajstić information content (AvgIpc) is 2.89. The van der Waals surface area contributed by atoms with Crippen molar-refractivity contribution in [2.24, 2.45) is 0 Å². The minimum absolute atomic E-state index is 0.0172. The average molecular weight is 489 g/mol. The largest absolute Gasteiger partial charge is 0.497 e. The van der Waals surface area contributed by atoms with E-state index < -0.39 is 15.9 Å². The van der Waals surface area contributed by atoms with Gasteiger partial charge in [0.1, 0.15) is 11.5 Å². The lowest BCUT2D eigenvalue weighted by Crippen LogP contribution is -2.20. The van der Waals surface area contributed by atoms with Crippen LogP contribution in [0.5, 0.6) is 11.5 Å². The number of anilines is 2. The van der Waals surface area contributed by atoms with E-state index in [0.29, 0.717) is 22.9 Å². The molecule has 0 aliphatic carbocycles. The summed E-state index contributed by atoms with van der Waals surface area (Å²) in [4.78, 5) is 12.4. The Kier molecular flexibility index (Phi) is 7.32. The molecule has 1 amide bonds. The van der Waals surface area contributed by atoms with Crippen molar-refractivity contribution in [1.29, 1.82) is 0 Å². The maximum Gasteiger partial charge on any atom is 0.262 e. The molecule has 8 heteroatoms. The number of methoxy groups -OCH3 is 1. The van der Waals surface area contributed by atoms with Gasteiger partial charge in [0.2, 0.25) is 0 Å². The van der Waals surface area contributed by atoms with Crippen LogP contribution in [0.4, 0.5) is 11.4 Å². The van der Waals surface area contributed by atoms with E-state index in [-0.39, 0.29) is 11.5 Å². The van der Waals surface area contributed by atoms with Gasteiger partial charge in [0.25, 0.3) is 15.9 Å². The number of hydrogen-bond donors (Lipinski definition) is 2. The van der Waals surface area contributed by atoms with Gasteiger partial charge in [0.05, 0.1) is 12.0 Å². The molecule has 0 aliphatic heterocycles. The van der Waals surface area contributed by atoms with Crippen molar-refractivity contribution < 1.29 is 22.7 Å². The molecule has 0 fully saturated rings. The molecule has 0 heterocycles. The summed E-state index contributed by atoms with van der Waals surface area (Å²) >= 11 is 0. The summed E-state index contributed by atoms with van der Waals surface area (Å²) < 4.78 is 38.7. The summed E-state index contributed by atoms with van der Waals surface area (Å²) in [6.45, 7) is -0.217. The first-order valence-corrected chi connectivity index (χ1v) is 12.3. The molecule has 0 spiro atoms. The third-order valence-corrected chi connectivity index (χ3v) is 6.48. The van der Waals surface area contributed by atoms with Gasteiger partial charge in [-0.05, 0) is 65.7 Å². The topological polar surface area (TPSA) is 93.7 Å². The number of carbonyl (C=O) groups is 1. The van der Waals surface area contributed by atoms with Crippen molar-refractivity contribution in [3.05, 3.63) is 103 Å². The number of rotatable bonds is 9. The zero-order chi connectivity index (χ0) is 24.7. The van der Waals surface area contributed by atoms with Crippen molar-refractivity contribution >= 4 is 27.3 Å².